The Morgan fingerprint density at radius 2 is 1.97 bits per heavy atom. The lowest BCUT2D eigenvalue weighted by Gasteiger charge is -2.22. The van der Waals surface area contributed by atoms with Crippen LogP contribution in [-0.4, -0.2) is 51.1 Å². The van der Waals surface area contributed by atoms with Crippen LogP contribution < -0.4 is 4.74 Å². The fraction of sp³-hybridized carbons (Fsp3) is 0.524. The van der Waals surface area contributed by atoms with Crippen LogP contribution in [0, 0.1) is 6.92 Å². The monoisotopic (exact) mass is 454 g/mol. The third-order valence-electron chi connectivity index (χ3n) is 5.99. The molecule has 3 rings (SSSR count). The second-order valence-corrected chi connectivity index (χ2v) is 9.90. The van der Waals surface area contributed by atoms with Crippen LogP contribution in [0.2, 0.25) is 0 Å². The van der Waals surface area contributed by atoms with E-state index in [4.69, 9.17) is 23.3 Å². The number of allylic oxidation sites excluding steroid dienone is 2. The third-order valence-corrected chi connectivity index (χ3v) is 8.17. The highest BCUT2D eigenvalue weighted by molar-refractivity contribution is 7.55. The van der Waals surface area contributed by atoms with Crippen LogP contribution in [0.4, 0.5) is 0 Å². The lowest BCUT2D eigenvalue weighted by atomic mass is 9.89. The molecule has 1 N–H and O–H groups in total. The van der Waals surface area contributed by atoms with Crippen LogP contribution in [0.25, 0.3) is 0 Å². The van der Waals surface area contributed by atoms with E-state index in [0.29, 0.717) is 29.7 Å². The van der Waals surface area contributed by atoms with E-state index in [9.17, 15) is 19.3 Å². The Labute approximate surface area is 180 Å². The zero-order valence-corrected chi connectivity index (χ0v) is 19.1. The van der Waals surface area contributed by atoms with Gasteiger partial charge in [0.15, 0.2) is 5.66 Å². The van der Waals surface area contributed by atoms with Crippen molar-refractivity contribution in [3.05, 3.63) is 33.9 Å². The van der Waals surface area contributed by atoms with E-state index in [0.717, 1.165) is 11.1 Å². The number of methoxy groups -OCH3 is 2. The average Bonchev–Trinajstić information content (AvgIpc) is 3.40. The number of phenolic OH excluding ortho intramolecular Hbond substituents is 1. The standard InChI is InChI=1S/C21H27O9P/c1-11-14-10-30-21(24)17(14)18(22)16(19(11)26-2)13-7-6-12(8-13)9-15(20(23)27-3)31(25,28-4)29-5/h8,13,15,22H,6-7,9-10H2,1-5H3/t13-,15?/m1/s1. The summed E-state index contributed by atoms with van der Waals surface area (Å²) in [6, 6.07) is 0. The lowest BCUT2D eigenvalue weighted by Crippen LogP contribution is -2.24. The van der Waals surface area contributed by atoms with Gasteiger partial charge >= 0.3 is 19.5 Å². The van der Waals surface area contributed by atoms with Crippen LogP contribution in [0.15, 0.2) is 11.6 Å². The summed E-state index contributed by atoms with van der Waals surface area (Å²) in [5, 5.41) is 10.9. The van der Waals surface area contributed by atoms with Crippen molar-refractivity contribution in [2.45, 2.75) is 44.4 Å². The van der Waals surface area contributed by atoms with Gasteiger partial charge in [-0.05, 0) is 31.7 Å². The van der Waals surface area contributed by atoms with Crippen molar-refractivity contribution in [2.75, 3.05) is 28.4 Å². The SMILES string of the molecule is COC(=O)C(CC1=C[C@H](c2c(O)c3c(c(C)c2OC)COC3=O)CC1)P(=O)(OC)OC. The number of rotatable bonds is 8. The fourth-order valence-corrected chi connectivity index (χ4v) is 5.84. The topological polar surface area (TPSA) is 118 Å². The molecule has 0 spiro atoms. The van der Waals surface area contributed by atoms with Crippen molar-refractivity contribution >= 4 is 19.5 Å². The summed E-state index contributed by atoms with van der Waals surface area (Å²) in [6.07, 6.45) is 3.23. The normalized spacial score (nSPS) is 18.9. The molecule has 0 radical (unpaired) electrons. The molecular formula is C21H27O9P. The molecule has 10 heteroatoms. The maximum atomic E-state index is 12.9. The minimum absolute atomic E-state index is 0.0973. The number of cyclic esters (lactones) is 1. The van der Waals surface area contributed by atoms with E-state index in [1.807, 2.05) is 13.0 Å². The first-order chi connectivity index (χ1) is 14.7. The Kier molecular flexibility index (Phi) is 6.79. The number of aromatic hydroxyl groups is 1. The molecule has 0 aromatic heterocycles. The van der Waals surface area contributed by atoms with Crippen LogP contribution in [0.5, 0.6) is 11.5 Å². The van der Waals surface area contributed by atoms with E-state index < -0.39 is 25.2 Å². The quantitative estimate of drug-likeness (QED) is 0.357. The number of fused-ring (bicyclic) bond motifs is 1. The first-order valence-corrected chi connectivity index (χ1v) is 11.4. The summed E-state index contributed by atoms with van der Waals surface area (Å²) >= 11 is 0. The predicted molar refractivity (Wildman–Crippen MR) is 111 cm³/mol. The smallest absolute Gasteiger partial charge is 0.344 e. The average molecular weight is 454 g/mol. The molecule has 1 aliphatic carbocycles. The predicted octanol–water partition coefficient (Wildman–Crippen LogP) is 3.60. The van der Waals surface area contributed by atoms with E-state index in [1.165, 1.54) is 28.4 Å². The summed E-state index contributed by atoms with van der Waals surface area (Å²) in [5.74, 6) is -1.15. The molecule has 0 bridgehead atoms. The largest absolute Gasteiger partial charge is 0.507 e. The Bertz CT molecular complexity index is 974. The van der Waals surface area contributed by atoms with Crippen molar-refractivity contribution < 1.29 is 42.5 Å². The fourth-order valence-electron chi connectivity index (χ4n) is 4.36. The number of hydrogen-bond donors (Lipinski definition) is 1. The maximum Gasteiger partial charge on any atom is 0.344 e. The molecular weight excluding hydrogens is 427 g/mol. The summed E-state index contributed by atoms with van der Waals surface area (Å²) in [4.78, 5) is 24.4. The van der Waals surface area contributed by atoms with Crippen LogP contribution >= 0.6 is 7.60 Å². The number of carbonyl (C=O) groups excluding carboxylic acids is 2. The van der Waals surface area contributed by atoms with Crippen LogP contribution in [0.3, 0.4) is 0 Å². The first-order valence-electron chi connectivity index (χ1n) is 9.80. The van der Waals surface area contributed by atoms with Crippen molar-refractivity contribution in [3.8, 4) is 11.5 Å². The van der Waals surface area contributed by atoms with Gasteiger partial charge in [0.25, 0.3) is 0 Å². The Morgan fingerprint density at radius 3 is 2.55 bits per heavy atom. The second kappa shape index (κ2) is 9.02. The zero-order chi connectivity index (χ0) is 22.9. The molecule has 0 saturated carbocycles. The molecule has 31 heavy (non-hydrogen) atoms. The third kappa shape index (κ3) is 3.97. The maximum absolute atomic E-state index is 12.9. The van der Waals surface area contributed by atoms with Crippen molar-refractivity contribution in [1.29, 1.82) is 0 Å². The number of phenols is 1. The van der Waals surface area contributed by atoms with Gasteiger partial charge in [0.1, 0.15) is 23.7 Å². The van der Waals surface area contributed by atoms with Gasteiger partial charge in [-0.3, -0.25) is 9.36 Å². The second-order valence-electron chi connectivity index (χ2n) is 7.47. The van der Waals surface area contributed by atoms with E-state index in [2.05, 4.69) is 0 Å². The molecule has 1 unspecified atom stereocenters. The lowest BCUT2D eigenvalue weighted by molar-refractivity contribution is -0.140. The molecule has 0 fully saturated rings. The number of esters is 2. The van der Waals surface area contributed by atoms with Gasteiger partial charge in [-0.15, -0.1) is 0 Å². The van der Waals surface area contributed by atoms with E-state index in [-0.39, 0.29) is 30.3 Å². The molecule has 2 atom stereocenters. The molecule has 1 heterocycles. The highest BCUT2D eigenvalue weighted by Crippen LogP contribution is 2.55. The zero-order valence-electron chi connectivity index (χ0n) is 18.2. The Morgan fingerprint density at radius 1 is 1.29 bits per heavy atom. The minimum atomic E-state index is -3.71. The molecule has 0 saturated heterocycles. The van der Waals surface area contributed by atoms with Crippen molar-refractivity contribution in [2.24, 2.45) is 0 Å². The number of ether oxygens (including phenoxy) is 3. The number of benzene rings is 1. The van der Waals surface area contributed by atoms with E-state index >= 15 is 0 Å². The molecule has 0 amide bonds. The number of hydrogen-bond acceptors (Lipinski definition) is 9. The van der Waals surface area contributed by atoms with Crippen LogP contribution in [-0.2, 0) is 34.5 Å². The highest BCUT2D eigenvalue weighted by atomic mass is 31.2. The van der Waals surface area contributed by atoms with Gasteiger partial charge in [-0.25, -0.2) is 4.79 Å². The molecule has 170 valence electrons. The van der Waals surface area contributed by atoms with Gasteiger partial charge in [-0.2, -0.15) is 0 Å². The first kappa shape index (κ1) is 23.3. The molecule has 1 aromatic rings. The highest BCUT2D eigenvalue weighted by Gasteiger charge is 2.42. The van der Waals surface area contributed by atoms with Gasteiger partial charge in [0.05, 0.1) is 14.2 Å². The summed E-state index contributed by atoms with van der Waals surface area (Å²) in [5.41, 5.74) is 1.78. The van der Waals surface area contributed by atoms with Gasteiger partial charge in [-0.1, -0.05) is 11.6 Å². The molecule has 9 nitrogen and oxygen atoms in total. The summed E-state index contributed by atoms with van der Waals surface area (Å²) in [6.45, 7) is 1.92. The van der Waals surface area contributed by atoms with Crippen LogP contribution in [0.1, 0.15) is 52.2 Å². The van der Waals surface area contributed by atoms with Gasteiger partial charge in [0.2, 0.25) is 0 Å². The summed E-state index contributed by atoms with van der Waals surface area (Å²) < 4.78 is 38.4. The van der Waals surface area contributed by atoms with Gasteiger partial charge < -0.3 is 28.4 Å². The Balaban J connectivity index is 1.99. The van der Waals surface area contributed by atoms with Crippen molar-refractivity contribution in [1.82, 2.24) is 0 Å². The molecule has 1 aliphatic heterocycles. The molecule has 2 aliphatic rings. The molecule has 1 aromatic carbocycles. The van der Waals surface area contributed by atoms with Gasteiger partial charge in [0, 0.05) is 31.3 Å². The minimum Gasteiger partial charge on any atom is -0.507 e. The number of carbonyl (C=O) groups is 2. The van der Waals surface area contributed by atoms with Crippen molar-refractivity contribution in [3.63, 3.8) is 0 Å². The summed E-state index contributed by atoms with van der Waals surface area (Å²) in [7, 11) is 1.46. The van der Waals surface area contributed by atoms with E-state index in [1.54, 1.807) is 0 Å². The Hall–Kier alpha value is -2.35.